The first-order chi connectivity index (χ1) is 7.15. The summed E-state index contributed by atoms with van der Waals surface area (Å²) < 4.78 is 0. The van der Waals surface area contributed by atoms with E-state index in [-0.39, 0.29) is 6.61 Å². The van der Waals surface area contributed by atoms with Crippen LogP contribution >= 0.6 is 11.8 Å². The largest absolute Gasteiger partial charge is 0.394 e. The van der Waals surface area contributed by atoms with Crippen LogP contribution in [0.1, 0.15) is 18.6 Å². The van der Waals surface area contributed by atoms with E-state index in [9.17, 15) is 10.2 Å². The zero-order chi connectivity index (χ0) is 11.3. The Labute approximate surface area is 93.8 Å². The highest BCUT2D eigenvalue weighted by atomic mass is 32.2. The highest BCUT2D eigenvalue weighted by molar-refractivity contribution is 7.99. The lowest BCUT2D eigenvalue weighted by molar-refractivity contribution is 0.113. The average molecular weight is 228 g/mol. The fraction of sp³-hybridized carbons (Fsp3) is 0.455. The van der Waals surface area contributed by atoms with Gasteiger partial charge in [-0.1, -0.05) is 18.2 Å². The van der Waals surface area contributed by atoms with Gasteiger partial charge in [0.05, 0.1) is 18.8 Å². The zero-order valence-electron chi connectivity index (χ0n) is 8.63. The first-order valence-corrected chi connectivity index (χ1v) is 5.82. The third kappa shape index (κ3) is 3.83. The summed E-state index contributed by atoms with van der Waals surface area (Å²) in [6, 6.07) is 7.52. The van der Waals surface area contributed by atoms with Crippen molar-refractivity contribution in [2.75, 3.05) is 12.4 Å². The molecule has 84 valence electrons. The molecular formula is C11H16O3S. The Morgan fingerprint density at radius 2 is 1.93 bits per heavy atom. The van der Waals surface area contributed by atoms with Crippen molar-refractivity contribution in [2.45, 2.75) is 24.0 Å². The Bertz CT molecular complexity index is 302. The topological polar surface area (TPSA) is 60.7 Å². The molecule has 4 heteroatoms. The van der Waals surface area contributed by atoms with Crippen molar-refractivity contribution in [2.24, 2.45) is 0 Å². The SMILES string of the molecule is CC(O)c1ccccc1SCC(O)CO. The fourth-order valence-electron chi connectivity index (χ4n) is 1.20. The molecule has 0 radical (unpaired) electrons. The average Bonchev–Trinajstić information content (AvgIpc) is 2.26. The van der Waals surface area contributed by atoms with Gasteiger partial charge in [-0.15, -0.1) is 11.8 Å². The summed E-state index contributed by atoms with van der Waals surface area (Å²) in [4.78, 5) is 0.944. The predicted octanol–water partition coefficient (Wildman–Crippen LogP) is 1.19. The summed E-state index contributed by atoms with van der Waals surface area (Å²) >= 11 is 1.44. The Morgan fingerprint density at radius 1 is 1.27 bits per heavy atom. The fourth-order valence-corrected chi connectivity index (χ4v) is 2.25. The third-order valence-corrected chi connectivity index (χ3v) is 3.25. The number of aliphatic hydroxyl groups is 3. The Hall–Kier alpha value is -0.550. The maximum absolute atomic E-state index is 9.50. The van der Waals surface area contributed by atoms with Crippen molar-refractivity contribution in [1.29, 1.82) is 0 Å². The van der Waals surface area contributed by atoms with E-state index in [1.54, 1.807) is 6.92 Å². The maximum Gasteiger partial charge on any atom is 0.0864 e. The van der Waals surface area contributed by atoms with Gasteiger partial charge in [0.25, 0.3) is 0 Å². The molecule has 2 unspecified atom stereocenters. The summed E-state index contributed by atoms with van der Waals surface area (Å²) in [5.74, 6) is 0.431. The first-order valence-electron chi connectivity index (χ1n) is 4.84. The van der Waals surface area contributed by atoms with Crippen molar-refractivity contribution in [3.05, 3.63) is 29.8 Å². The molecule has 1 aromatic rings. The quantitative estimate of drug-likeness (QED) is 0.662. The Kier molecular flexibility index (Phi) is 5.11. The molecule has 1 aromatic carbocycles. The summed E-state index contributed by atoms with van der Waals surface area (Å²) in [7, 11) is 0. The van der Waals surface area contributed by atoms with Gasteiger partial charge in [0.1, 0.15) is 0 Å². The van der Waals surface area contributed by atoms with E-state index in [0.717, 1.165) is 10.5 Å². The predicted molar refractivity (Wildman–Crippen MR) is 60.9 cm³/mol. The number of thioether (sulfide) groups is 1. The third-order valence-electron chi connectivity index (χ3n) is 2.01. The number of hydrogen-bond acceptors (Lipinski definition) is 4. The molecule has 0 fully saturated rings. The number of aliphatic hydroxyl groups excluding tert-OH is 3. The normalized spacial score (nSPS) is 14.9. The molecule has 0 aliphatic carbocycles. The van der Waals surface area contributed by atoms with Gasteiger partial charge in [0, 0.05) is 10.6 Å². The Morgan fingerprint density at radius 3 is 2.53 bits per heavy atom. The van der Waals surface area contributed by atoms with E-state index < -0.39 is 12.2 Å². The van der Waals surface area contributed by atoms with E-state index in [4.69, 9.17) is 5.11 Å². The minimum atomic E-state index is -0.711. The lowest BCUT2D eigenvalue weighted by Gasteiger charge is -2.12. The van der Waals surface area contributed by atoms with Crippen LogP contribution < -0.4 is 0 Å². The van der Waals surface area contributed by atoms with Gasteiger partial charge in [-0.25, -0.2) is 0 Å². The molecule has 0 saturated heterocycles. The van der Waals surface area contributed by atoms with Crippen LogP contribution in [0.2, 0.25) is 0 Å². The molecule has 15 heavy (non-hydrogen) atoms. The molecule has 0 aliphatic rings. The lowest BCUT2D eigenvalue weighted by Crippen LogP contribution is -2.14. The molecule has 2 atom stereocenters. The highest BCUT2D eigenvalue weighted by Crippen LogP contribution is 2.27. The van der Waals surface area contributed by atoms with Crippen molar-refractivity contribution in [3.8, 4) is 0 Å². The monoisotopic (exact) mass is 228 g/mol. The van der Waals surface area contributed by atoms with Gasteiger partial charge in [0.15, 0.2) is 0 Å². The second-order valence-electron chi connectivity index (χ2n) is 3.36. The van der Waals surface area contributed by atoms with E-state index in [1.165, 1.54) is 11.8 Å². The summed E-state index contributed by atoms with van der Waals surface area (Å²) in [6.45, 7) is 1.48. The van der Waals surface area contributed by atoms with Gasteiger partial charge in [-0.3, -0.25) is 0 Å². The molecule has 0 bridgehead atoms. The minimum Gasteiger partial charge on any atom is -0.394 e. The van der Waals surface area contributed by atoms with Crippen LogP contribution in [-0.2, 0) is 0 Å². The minimum absolute atomic E-state index is 0.232. The van der Waals surface area contributed by atoms with E-state index in [2.05, 4.69) is 0 Å². The molecular weight excluding hydrogens is 212 g/mol. The summed E-state index contributed by atoms with van der Waals surface area (Å²) in [5, 5.41) is 27.4. The van der Waals surface area contributed by atoms with Gasteiger partial charge < -0.3 is 15.3 Å². The van der Waals surface area contributed by atoms with E-state index in [0.29, 0.717) is 5.75 Å². The molecule has 1 rings (SSSR count). The molecule has 0 aliphatic heterocycles. The van der Waals surface area contributed by atoms with Crippen LogP contribution in [0, 0.1) is 0 Å². The molecule has 3 nitrogen and oxygen atoms in total. The number of benzene rings is 1. The summed E-state index contributed by atoms with van der Waals surface area (Å²) in [6.07, 6.45) is -1.22. The number of rotatable bonds is 5. The first kappa shape index (κ1) is 12.5. The van der Waals surface area contributed by atoms with Gasteiger partial charge in [-0.2, -0.15) is 0 Å². The van der Waals surface area contributed by atoms with Crippen LogP contribution in [-0.4, -0.2) is 33.8 Å². The number of hydrogen-bond donors (Lipinski definition) is 3. The molecule has 0 aromatic heterocycles. The lowest BCUT2D eigenvalue weighted by atomic mass is 10.1. The molecule has 0 amide bonds. The summed E-state index contributed by atoms with van der Waals surface area (Å²) in [5.41, 5.74) is 0.854. The smallest absolute Gasteiger partial charge is 0.0864 e. The van der Waals surface area contributed by atoms with E-state index >= 15 is 0 Å². The second-order valence-corrected chi connectivity index (χ2v) is 4.42. The van der Waals surface area contributed by atoms with Crippen molar-refractivity contribution < 1.29 is 15.3 Å². The van der Waals surface area contributed by atoms with Crippen LogP contribution in [0.15, 0.2) is 29.2 Å². The van der Waals surface area contributed by atoms with Gasteiger partial charge in [-0.05, 0) is 18.6 Å². The van der Waals surface area contributed by atoms with Crippen LogP contribution in [0.25, 0.3) is 0 Å². The van der Waals surface area contributed by atoms with Crippen LogP contribution in [0.3, 0.4) is 0 Å². The highest BCUT2D eigenvalue weighted by Gasteiger charge is 2.09. The standard InChI is InChI=1S/C11H16O3S/c1-8(13)10-4-2-3-5-11(10)15-7-9(14)6-12/h2-5,8-9,12-14H,6-7H2,1H3. The Balaban J connectivity index is 2.67. The van der Waals surface area contributed by atoms with Gasteiger partial charge in [0.2, 0.25) is 0 Å². The van der Waals surface area contributed by atoms with Crippen LogP contribution in [0.5, 0.6) is 0 Å². The van der Waals surface area contributed by atoms with Crippen molar-refractivity contribution in [1.82, 2.24) is 0 Å². The second kappa shape index (κ2) is 6.12. The molecule has 0 saturated carbocycles. The zero-order valence-corrected chi connectivity index (χ0v) is 9.44. The van der Waals surface area contributed by atoms with Crippen molar-refractivity contribution in [3.63, 3.8) is 0 Å². The van der Waals surface area contributed by atoms with Gasteiger partial charge >= 0.3 is 0 Å². The van der Waals surface area contributed by atoms with E-state index in [1.807, 2.05) is 24.3 Å². The van der Waals surface area contributed by atoms with Crippen molar-refractivity contribution >= 4 is 11.8 Å². The molecule has 3 N–H and O–H groups in total. The van der Waals surface area contributed by atoms with Crippen LogP contribution in [0.4, 0.5) is 0 Å². The molecule has 0 heterocycles. The molecule has 0 spiro atoms. The maximum atomic E-state index is 9.50.